The van der Waals surface area contributed by atoms with Gasteiger partial charge in [0, 0.05) is 38.1 Å². The first-order valence-electron chi connectivity index (χ1n) is 9.45. The summed E-state index contributed by atoms with van der Waals surface area (Å²) < 4.78 is 42.1. The molecule has 2 nitrogen and oxygen atoms in total. The van der Waals surface area contributed by atoms with E-state index in [0.717, 1.165) is 23.4 Å². The molecule has 0 unspecified atom stereocenters. The van der Waals surface area contributed by atoms with Gasteiger partial charge in [-0.3, -0.25) is 4.90 Å². The lowest BCUT2D eigenvalue weighted by Gasteiger charge is -2.25. The van der Waals surface area contributed by atoms with Crippen LogP contribution in [0, 0.1) is 23.4 Å². The molecule has 0 saturated heterocycles. The number of aromatic nitrogens is 1. The molecule has 0 bridgehead atoms. The normalized spacial score (nSPS) is 11.5. The van der Waals surface area contributed by atoms with Crippen LogP contribution in [0.3, 0.4) is 0 Å². The molecule has 0 aliphatic rings. The molecule has 3 aromatic rings. The van der Waals surface area contributed by atoms with Gasteiger partial charge >= 0.3 is 0 Å². The maximum atomic E-state index is 13.6. The smallest absolute Gasteiger partial charge is 0.159 e. The van der Waals surface area contributed by atoms with E-state index in [4.69, 9.17) is 0 Å². The number of hydrogen-bond donors (Lipinski definition) is 0. The number of rotatable bonds is 8. The Labute approximate surface area is 164 Å². The summed E-state index contributed by atoms with van der Waals surface area (Å²) in [6.45, 7) is 6.98. The van der Waals surface area contributed by atoms with E-state index in [2.05, 4.69) is 29.4 Å². The Bertz CT molecular complexity index is 900. The summed E-state index contributed by atoms with van der Waals surface area (Å²) in [6.07, 6.45) is 2.00. The largest absolute Gasteiger partial charge is 0.346 e. The average molecular weight is 386 g/mol. The van der Waals surface area contributed by atoms with Crippen molar-refractivity contribution in [2.75, 3.05) is 6.54 Å². The summed E-state index contributed by atoms with van der Waals surface area (Å²) >= 11 is 0. The summed E-state index contributed by atoms with van der Waals surface area (Å²) in [5, 5.41) is 0. The molecule has 0 radical (unpaired) electrons. The molecule has 0 saturated carbocycles. The van der Waals surface area contributed by atoms with Gasteiger partial charge in [-0.05, 0) is 53.4 Å². The summed E-state index contributed by atoms with van der Waals surface area (Å²) in [7, 11) is 0. The lowest BCUT2D eigenvalue weighted by atomic mass is 10.1. The van der Waals surface area contributed by atoms with Crippen LogP contribution in [-0.4, -0.2) is 16.0 Å². The van der Waals surface area contributed by atoms with Crippen molar-refractivity contribution >= 4 is 0 Å². The summed E-state index contributed by atoms with van der Waals surface area (Å²) in [5.41, 5.74) is 2.89. The van der Waals surface area contributed by atoms with Crippen LogP contribution < -0.4 is 0 Å². The van der Waals surface area contributed by atoms with Crippen LogP contribution in [0.25, 0.3) is 0 Å². The molecule has 28 heavy (non-hydrogen) atoms. The molecule has 0 aliphatic heterocycles. The predicted octanol–water partition coefficient (Wildman–Crippen LogP) is 5.61. The minimum absolute atomic E-state index is 0.244. The van der Waals surface area contributed by atoms with Crippen molar-refractivity contribution in [2.45, 2.75) is 33.5 Å². The van der Waals surface area contributed by atoms with Gasteiger partial charge in [-0.1, -0.05) is 32.0 Å². The molecule has 1 aromatic heterocycles. The second-order valence-corrected chi connectivity index (χ2v) is 7.57. The molecule has 148 valence electrons. The number of hydrogen-bond acceptors (Lipinski definition) is 1. The first kappa shape index (κ1) is 20.2. The van der Waals surface area contributed by atoms with Crippen LogP contribution in [0.4, 0.5) is 13.2 Å². The van der Waals surface area contributed by atoms with Crippen LogP contribution >= 0.6 is 0 Å². The summed E-state index contributed by atoms with van der Waals surface area (Å²) in [4.78, 5) is 2.23. The molecule has 0 spiro atoms. The van der Waals surface area contributed by atoms with Gasteiger partial charge in [-0.2, -0.15) is 0 Å². The Kier molecular flexibility index (Phi) is 6.57. The van der Waals surface area contributed by atoms with Crippen LogP contribution in [0.15, 0.2) is 60.8 Å². The van der Waals surface area contributed by atoms with Gasteiger partial charge in [-0.25, -0.2) is 13.2 Å². The Balaban J connectivity index is 1.74. The van der Waals surface area contributed by atoms with Crippen molar-refractivity contribution in [3.05, 3.63) is 95.1 Å². The number of nitrogens with zero attached hydrogens (tertiary/aromatic N) is 2. The van der Waals surface area contributed by atoms with Gasteiger partial charge in [0.2, 0.25) is 0 Å². The molecule has 0 aliphatic carbocycles. The zero-order valence-electron chi connectivity index (χ0n) is 16.2. The monoisotopic (exact) mass is 386 g/mol. The zero-order chi connectivity index (χ0) is 20.1. The fourth-order valence-corrected chi connectivity index (χ4v) is 3.36. The van der Waals surface area contributed by atoms with Crippen LogP contribution in [0.2, 0.25) is 0 Å². The van der Waals surface area contributed by atoms with Gasteiger partial charge in [-0.15, -0.1) is 0 Å². The molecule has 0 amide bonds. The number of halogens is 3. The molecule has 0 atom stereocenters. The van der Waals surface area contributed by atoms with E-state index in [1.54, 1.807) is 18.2 Å². The molecule has 0 fully saturated rings. The van der Waals surface area contributed by atoms with Gasteiger partial charge < -0.3 is 4.57 Å². The van der Waals surface area contributed by atoms with Gasteiger partial charge in [0.05, 0.1) is 0 Å². The van der Waals surface area contributed by atoms with Crippen molar-refractivity contribution < 1.29 is 13.2 Å². The average Bonchev–Trinajstić information content (AvgIpc) is 3.06. The molecule has 2 aromatic carbocycles. The maximum absolute atomic E-state index is 13.6. The minimum atomic E-state index is -0.827. The van der Waals surface area contributed by atoms with Crippen molar-refractivity contribution in [3.63, 3.8) is 0 Å². The van der Waals surface area contributed by atoms with Crippen LogP contribution in [0.1, 0.15) is 30.7 Å². The van der Waals surface area contributed by atoms with E-state index in [0.29, 0.717) is 25.6 Å². The summed E-state index contributed by atoms with van der Waals surface area (Å²) in [6, 6.07) is 14.6. The quantitative estimate of drug-likeness (QED) is 0.488. The third-order valence-electron chi connectivity index (χ3n) is 4.59. The SMILES string of the molecule is CC(C)CN(Cc1ccc(F)c(F)c1)Cc1cccn1Cc1ccc(F)cc1. The van der Waals surface area contributed by atoms with Crippen molar-refractivity contribution in [1.82, 2.24) is 9.47 Å². The van der Waals surface area contributed by atoms with Crippen molar-refractivity contribution in [1.29, 1.82) is 0 Å². The second kappa shape index (κ2) is 9.11. The maximum Gasteiger partial charge on any atom is 0.159 e. The highest BCUT2D eigenvalue weighted by Crippen LogP contribution is 2.16. The van der Waals surface area contributed by atoms with Crippen molar-refractivity contribution in [2.24, 2.45) is 5.92 Å². The first-order valence-corrected chi connectivity index (χ1v) is 9.45. The Morgan fingerprint density at radius 2 is 1.57 bits per heavy atom. The fourth-order valence-electron chi connectivity index (χ4n) is 3.36. The van der Waals surface area contributed by atoms with Crippen LogP contribution in [-0.2, 0) is 19.6 Å². The van der Waals surface area contributed by atoms with E-state index in [9.17, 15) is 13.2 Å². The Morgan fingerprint density at radius 3 is 2.25 bits per heavy atom. The van der Waals surface area contributed by atoms with Crippen LogP contribution in [0.5, 0.6) is 0 Å². The van der Waals surface area contributed by atoms with Gasteiger partial charge in [0.25, 0.3) is 0 Å². The highest BCUT2D eigenvalue weighted by molar-refractivity contribution is 5.20. The van der Waals surface area contributed by atoms with E-state index < -0.39 is 11.6 Å². The third-order valence-corrected chi connectivity index (χ3v) is 4.59. The lowest BCUT2D eigenvalue weighted by molar-refractivity contribution is 0.222. The zero-order valence-corrected chi connectivity index (χ0v) is 16.2. The van der Waals surface area contributed by atoms with E-state index >= 15 is 0 Å². The minimum Gasteiger partial charge on any atom is -0.346 e. The van der Waals surface area contributed by atoms with E-state index in [-0.39, 0.29) is 5.82 Å². The fraction of sp³-hybridized carbons (Fsp3) is 0.304. The standard InChI is InChI=1S/C23H25F3N2/c1-17(2)13-27(14-19-7-10-22(25)23(26)12-19)16-21-4-3-11-28(21)15-18-5-8-20(24)9-6-18/h3-12,17H,13-16H2,1-2H3. The molecular formula is C23H25F3N2. The van der Waals surface area contributed by atoms with Gasteiger partial charge in [0.1, 0.15) is 5.82 Å². The molecule has 1 heterocycles. The van der Waals surface area contributed by atoms with Crippen molar-refractivity contribution in [3.8, 4) is 0 Å². The topological polar surface area (TPSA) is 8.17 Å². The third kappa shape index (κ3) is 5.49. The second-order valence-electron chi connectivity index (χ2n) is 7.57. The number of benzene rings is 2. The molecule has 0 N–H and O–H groups in total. The van der Waals surface area contributed by atoms with Gasteiger partial charge in [0.15, 0.2) is 11.6 Å². The Morgan fingerprint density at radius 1 is 0.857 bits per heavy atom. The lowest BCUT2D eigenvalue weighted by Crippen LogP contribution is -2.28. The molecule has 3 rings (SSSR count). The Hall–Kier alpha value is -2.53. The highest BCUT2D eigenvalue weighted by atomic mass is 19.2. The van der Waals surface area contributed by atoms with E-state index in [1.807, 2.05) is 12.3 Å². The first-order chi connectivity index (χ1) is 13.4. The van der Waals surface area contributed by atoms with E-state index in [1.165, 1.54) is 24.3 Å². The predicted molar refractivity (Wildman–Crippen MR) is 105 cm³/mol. The molecule has 5 heteroatoms. The molecular weight excluding hydrogens is 361 g/mol. The highest BCUT2D eigenvalue weighted by Gasteiger charge is 2.13. The summed E-state index contributed by atoms with van der Waals surface area (Å²) in [5.74, 6) is -1.45.